The van der Waals surface area contributed by atoms with Crippen LogP contribution >= 0.6 is 0 Å². The summed E-state index contributed by atoms with van der Waals surface area (Å²) in [5, 5.41) is 12.7. The van der Waals surface area contributed by atoms with Crippen LogP contribution < -0.4 is 5.32 Å². The third-order valence-corrected chi connectivity index (χ3v) is 2.89. The molecular formula is C12H21NO4. The molecule has 0 aromatic heterocycles. The first-order chi connectivity index (χ1) is 8.22. The van der Waals surface area contributed by atoms with Crippen LogP contribution in [0.25, 0.3) is 0 Å². The lowest BCUT2D eigenvalue weighted by atomic mass is 9.91. The first-order valence-electron chi connectivity index (χ1n) is 5.99. The second-order valence-electron chi connectivity index (χ2n) is 4.09. The van der Waals surface area contributed by atoms with Gasteiger partial charge in [-0.25, -0.2) is 4.79 Å². The van der Waals surface area contributed by atoms with Crippen LogP contribution in [0, 0.1) is 0 Å². The van der Waals surface area contributed by atoms with Gasteiger partial charge in [0.05, 0.1) is 13.2 Å². The number of aliphatic hydroxyl groups is 1. The summed E-state index contributed by atoms with van der Waals surface area (Å²) < 4.78 is 10.0. The molecule has 98 valence electrons. The van der Waals surface area contributed by atoms with Crippen molar-refractivity contribution in [1.29, 1.82) is 0 Å². The third-order valence-electron chi connectivity index (χ3n) is 2.89. The lowest BCUT2D eigenvalue weighted by molar-refractivity contribution is -0.137. The number of hydrogen-bond acceptors (Lipinski definition) is 5. The molecule has 0 amide bonds. The van der Waals surface area contributed by atoms with E-state index in [1.165, 1.54) is 6.08 Å². The Labute approximate surface area is 102 Å². The number of carbonyl (C=O) groups is 1. The van der Waals surface area contributed by atoms with E-state index in [0.29, 0.717) is 26.4 Å². The molecule has 5 nitrogen and oxygen atoms in total. The predicted molar refractivity (Wildman–Crippen MR) is 63.6 cm³/mol. The molecule has 0 spiro atoms. The molecule has 0 saturated carbocycles. The van der Waals surface area contributed by atoms with Crippen molar-refractivity contribution in [3.05, 3.63) is 12.2 Å². The zero-order chi connectivity index (χ0) is 12.6. The standard InChI is InChI=1S/C12H21NO4/c1-2-17-11(15)4-3-7-13-12(10-14)5-8-16-9-6-12/h3-4,13-14H,2,5-10H2,1H3/b4-3+. The Hall–Kier alpha value is -0.910. The van der Waals surface area contributed by atoms with Gasteiger partial charge in [0.15, 0.2) is 0 Å². The quantitative estimate of drug-likeness (QED) is 0.516. The lowest BCUT2D eigenvalue weighted by Crippen LogP contribution is -2.52. The van der Waals surface area contributed by atoms with Crippen LogP contribution in [0.5, 0.6) is 0 Å². The highest BCUT2D eigenvalue weighted by Gasteiger charge is 2.30. The molecule has 17 heavy (non-hydrogen) atoms. The van der Waals surface area contributed by atoms with Gasteiger partial charge in [-0.05, 0) is 19.8 Å². The van der Waals surface area contributed by atoms with E-state index in [-0.39, 0.29) is 18.1 Å². The van der Waals surface area contributed by atoms with Crippen LogP contribution in [0.2, 0.25) is 0 Å². The molecule has 0 bridgehead atoms. The zero-order valence-electron chi connectivity index (χ0n) is 10.3. The second kappa shape index (κ2) is 7.42. The fraction of sp³-hybridized carbons (Fsp3) is 0.750. The highest BCUT2D eigenvalue weighted by atomic mass is 16.5. The molecule has 0 aromatic rings. The Kier molecular flexibility index (Phi) is 6.18. The van der Waals surface area contributed by atoms with Gasteiger partial charge in [-0.1, -0.05) is 6.08 Å². The summed E-state index contributed by atoms with van der Waals surface area (Å²) in [5.41, 5.74) is -0.267. The van der Waals surface area contributed by atoms with E-state index in [1.807, 2.05) is 0 Å². The molecule has 0 unspecified atom stereocenters. The summed E-state index contributed by atoms with van der Waals surface area (Å²) in [6.07, 6.45) is 4.69. The summed E-state index contributed by atoms with van der Waals surface area (Å²) in [6.45, 7) is 4.11. The van der Waals surface area contributed by atoms with Crippen LogP contribution in [-0.2, 0) is 14.3 Å². The van der Waals surface area contributed by atoms with E-state index in [4.69, 9.17) is 9.47 Å². The molecule has 1 heterocycles. The summed E-state index contributed by atoms with van der Waals surface area (Å²) in [6, 6.07) is 0. The van der Waals surface area contributed by atoms with Crippen molar-refractivity contribution < 1.29 is 19.4 Å². The normalized spacial score (nSPS) is 19.4. The Bertz CT molecular complexity index is 259. The monoisotopic (exact) mass is 243 g/mol. The Morgan fingerprint density at radius 3 is 2.82 bits per heavy atom. The van der Waals surface area contributed by atoms with Crippen LogP contribution in [0.4, 0.5) is 0 Å². The lowest BCUT2D eigenvalue weighted by Gasteiger charge is -2.36. The molecule has 2 N–H and O–H groups in total. The van der Waals surface area contributed by atoms with Gasteiger partial charge < -0.3 is 19.9 Å². The zero-order valence-corrected chi connectivity index (χ0v) is 10.3. The number of ether oxygens (including phenoxy) is 2. The number of aliphatic hydroxyl groups excluding tert-OH is 1. The van der Waals surface area contributed by atoms with E-state index in [1.54, 1.807) is 13.0 Å². The van der Waals surface area contributed by atoms with Gasteiger partial charge in [0.1, 0.15) is 0 Å². The van der Waals surface area contributed by atoms with Gasteiger partial charge in [-0.15, -0.1) is 0 Å². The minimum atomic E-state index is -0.334. The van der Waals surface area contributed by atoms with Crippen molar-refractivity contribution >= 4 is 5.97 Å². The Morgan fingerprint density at radius 1 is 1.53 bits per heavy atom. The third kappa shape index (κ3) is 4.85. The minimum Gasteiger partial charge on any atom is -0.463 e. The highest BCUT2D eigenvalue weighted by Crippen LogP contribution is 2.19. The molecular weight excluding hydrogens is 222 g/mol. The maximum absolute atomic E-state index is 11.0. The average Bonchev–Trinajstić information content (AvgIpc) is 2.36. The number of hydrogen-bond donors (Lipinski definition) is 2. The molecule has 1 saturated heterocycles. The SMILES string of the molecule is CCOC(=O)/C=C/CNC1(CO)CCOCC1. The molecule has 1 aliphatic rings. The number of rotatable bonds is 6. The fourth-order valence-corrected chi connectivity index (χ4v) is 1.77. The minimum absolute atomic E-state index is 0.0869. The largest absolute Gasteiger partial charge is 0.463 e. The topological polar surface area (TPSA) is 67.8 Å². The maximum atomic E-state index is 11.0. The summed E-state index contributed by atoms with van der Waals surface area (Å²) in [4.78, 5) is 11.0. The number of esters is 1. The van der Waals surface area contributed by atoms with Gasteiger partial charge in [0.25, 0.3) is 0 Å². The van der Waals surface area contributed by atoms with Crippen LogP contribution in [0.15, 0.2) is 12.2 Å². The van der Waals surface area contributed by atoms with Crippen molar-refractivity contribution in [3.8, 4) is 0 Å². The fourth-order valence-electron chi connectivity index (χ4n) is 1.77. The van der Waals surface area contributed by atoms with Gasteiger partial charge >= 0.3 is 5.97 Å². The maximum Gasteiger partial charge on any atom is 0.330 e. The van der Waals surface area contributed by atoms with E-state index < -0.39 is 0 Å². The first kappa shape index (κ1) is 14.2. The van der Waals surface area contributed by atoms with Gasteiger partial charge in [-0.2, -0.15) is 0 Å². The smallest absolute Gasteiger partial charge is 0.330 e. The average molecular weight is 243 g/mol. The molecule has 0 aliphatic carbocycles. The highest BCUT2D eigenvalue weighted by molar-refractivity contribution is 5.81. The van der Waals surface area contributed by atoms with Crippen LogP contribution in [0.1, 0.15) is 19.8 Å². The van der Waals surface area contributed by atoms with Gasteiger partial charge in [0, 0.05) is 31.4 Å². The van der Waals surface area contributed by atoms with Gasteiger partial charge in [0.2, 0.25) is 0 Å². The molecule has 1 rings (SSSR count). The van der Waals surface area contributed by atoms with E-state index >= 15 is 0 Å². The summed E-state index contributed by atoms with van der Waals surface area (Å²) in [7, 11) is 0. The Morgan fingerprint density at radius 2 is 2.24 bits per heavy atom. The summed E-state index contributed by atoms with van der Waals surface area (Å²) >= 11 is 0. The molecule has 0 radical (unpaired) electrons. The van der Waals surface area contributed by atoms with Crippen molar-refractivity contribution in [2.75, 3.05) is 33.0 Å². The predicted octanol–water partition coefficient (Wildman–Crippen LogP) is 0.237. The number of nitrogens with one attached hydrogen (secondary N) is 1. The summed E-state index contributed by atoms with van der Waals surface area (Å²) in [5.74, 6) is -0.334. The molecule has 1 aliphatic heterocycles. The van der Waals surface area contributed by atoms with Crippen molar-refractivity contribution in [2.45, 2.75) is 25.3 Å². The number of carbonyl (C=O) groups excluding carboxylic acids is 1. The van der Waals surface area contributed by atoms with Crippen molar-refractivity contribution in [2.24, 2.45) is 0 Å². The molecule has 5 heteroatoms. The van der Waals surface area contributed by atoms with E-state index in [9.17, 15) is 9.90 Å². The van der Waals surface area contributed by atoms with E-state index in [2.05, 4.69) is 5.32 Å². The first-order valence-corrected chi connectivity index (χ1v) is 5.99. The van der Waals surface area contributed by atoms with Gasteiger partial charge in [-0.3, -0.25) is 0 Å². The molecule has 0 atom stereocenters. The van der Waals surface area contributed by atoms with Crippen molar-refractivity contribution in [1.82, 2.24) is 5.32 Å². The van der Waals surface area contributed by atoms with Crippen molar-refractivity contribution in [3.63, 3.8) is 0 Å². The molecule has 0 aromatic carbocycles. The Balaban J connectivity index is 2.30. The second-order valence-corrected chi connectivity index (χ2v) is 4.09. The van der Waals surface area contributed by atoms with E-state index in [0.717, 1.165) is 12.8 Å². The molecule has 1 fully saturated rings. The van der Waals surface area contributed by atoms with Crippen LogP contribution in [-0.4, -0.2) is 49.6 Å². The van der Waals surface area contributed by atoms with Crippen LogP contribution in [0.3, 0.4) is 0 Å².